The topological polar surface area (TPSA) is 55.7 Å². The van der Waals surface area contributed by atoms with Gasteiger partial charge < -0.3 is 0 Å². The molecule has 21 heavy (non-hydrogen) atoms. The normalized spacial score (nSPS) is 15.4. The fourth-order valence-electron chi connectivity index (χ4n) is 0.671. The summed E-state index contributed by atoms with van der Waals surface area (Å²) in [7, 11) is -7.96. The van der Waals surface area contributed by atoms with E-state index in [1.165, 1.54) is 0 Å². The van der Waals surface area contributed by atoms with Crippen molar-refractivity contribution in [2.24, 2.45) is 3.77 Å². The molecule has 0 rings (SSSR count). The average Bonchev–Trinajstić information content (AvgIpc) is 2.10. The second-order valence-corrected chi connectivity index (χ2v) is 8.43. The SMILES string of the molecule is CS(C)=NS(=O)(=O)C(F)(F)C(F)(F)OC(F)(F)C(F)(F)I. The van der Waals surface area contributed by atoms with Crippen molar-refractivity contribution in [1.29, 1.82) is 0 Å². The van der Waals surface area contributed by atoms with E-state index in [2.05, 4.69) is 8.50 Å². The van der Waals surface area contributed by atoms with Crippen LogP contribution in [0.1, 0.15) is 0 Å². The molecule has 0 aromatic heterocycles. The van der Waals surface area contributed by atoms with Crippen molar-refractivity contribution in [3.63, 3.8) is 0 Å². The minimum atomic E-state index is -6.44. The fourth-order valence-corrected chi connectivity index (χ4v) is 3.07. The largest absolute Gasteiger partial charge is 0.456 e. The van der Waals surface area contributed by atoms with Crippen molar-refractivity contribution >= 4 is 43.3 Å². The molecular formula is C6H6F8INO3S2. The predicted octanol–water partition coefficient (Wildman–Crippen LogP) is 3.20. The second-order valence-electron chi connectivity index (χ2n) is 3.47. The Morgan fingerprint density at radius 1 is 0.952 bits per heavy atom. The molecule has 0 aromatic carbocycles. The molecule has 0 amide bonds. The van der Waals surface area contributed by atoms with Gasteiger partial charge in [0.2, 0.25) is 0 Å². The third-order valence-electron chi connectivity index (χ3n) is 1.50. The van der Waals surface area contributed by atoms with Crippen LogP contribution in [0.3, 0.4) is 0 Å². The Hall–Kier alpha value is 0.230. The van der Waals surface area contributed by atoms with Gasteiger partial charge in [0.25, 0.3) is 0 Å². The third kappa shape index (κ3) is 4.60. The third-order valence-corrected chi connectivity index (χ3v) is 4.99. The van der Waals surface area contributed by atoms with E-state index < -0.39 is 42.1 Å². The van der Waals surface area contributed by atoms with Crippen LogP contribution >= 0.6 is 22.6 Å². The molecule has 0 fully saturated rings. The van der Waals surface area contributed by atoms with E-state index in [1.54, 1.807) is 0 Å². The average molecular weight is 483 g/mol. The van der Waals surface area contributed by atoms with Crippen molar-refractivity contribution in [3.05, 3.63) is 0 Å². The molecule has 15 heteroatoms. The lowest BCUT2D eigenvalue weighted by atomic mass is 10.6. The molecule has 128 valence electrons. The lowest BCUT2D eigenvalue weighted by Crippen LogP contribution is -2.54. The summed E-state index contributed by atoms with van der Waals surface area (Å²) in [6.07, 6.45) is -10.6. The van der Waals surface area contributed by atoms with Crippen molar-refractivity contribution < 1.29 is 48.3 Å². The van der Waals surface area contributed by atoms with Crippen LogP contribution in [-0.2, 0) is 25.5 Å². The maximum Gasteiger partial charge on any atom is 0.456 e. The molecule has 0 heterocycles. The molecule has 0 atom stereocenters. The van der Waals surface area contributed by atoms with Gasteiger partial charge >= 0.3 is 31.4 Å². The molecule has 0 aliphatic rings. The van der Waals surface area contributed by atoms with Crippen LogP contribution in [0.25, 0.3) is 0 Å². The first-order valence-electron chi connectivity index (χ1n) is 4.33. The van der Waals surface area contributed by atoms with Gasteiger partial charge in [-0.25, -0.2) is 4.74 Å². The number of halogens is 9. The summed E-state index contributed by atoms with van der Waals surface area (Å²) in [6, 6.07) is 0. The van der Waals surface area contributed by atoms with Gasteiger partial charge in [-0.1, -0.05) is 10.7 Å². The van der Waals surface area contributed by atoms with Gasteiger partial charge in [-0.3, -0.25) is 0 Å². The van der Waals surface area contributed by atoms with E-state index in [9.17, 15) is 43.5 Å². The Labute approximate surface area is 129 Å². The van der Waals surface area contributed by atoms with Gasteiger partial charge in [-0.05, 0) is 12.5 Å². The first-order chi connectivity index (χ1) is 8.87. The monoisotopic (exact) mass is 483 g/mol. The Kier molecular flexibility index (Phi) is 6.09. The lowest BCUT2D eigenvalue weighted by Gasteiger charge is -2.29. The smallest absolute Gasteiger partial charge is 0.244 e. The quantitative estimate of drug-likeness (QED) is 0.332. The second kappa shape index (κ2) is 6.03. The van der Waals surface area contributed by atoms with Crippen molar-refractivity contribution in [1.82, 2.24) is 0 Å². The maximum absolute atomic E-state index is 13.1. The van der Waals surface area contributed by atoms with E-state index in [0.717, 1.165) is 12.5 Å². The van der Waals surface area contributed by atoms with E-state index in [-0.39, 0.29) is 22.6 Å². The Morgan fingerprint density at radius 2 is 1.33 bits per heavy atom. The highest BCUT2D eigenvalue weighted by molar-refractivity contribution is 14.1. The van der Waals surface area contributed by atoms with Gasteiger partial charge in [0.1, 0.15) is 0 Å². The number of rotatable bonds is 6. The number of alkyl halides is 9. The minimum absolute atomic E-state index is 0.330. The van der Waals surface area contributed by atoms with E-state index in [1.807, 2.05) is 0 Å². The Bertz CT molecular complexity index is 525. The molecule has 0 aromatic rings. The van der Waals surface area contributed by atoms with Crippen LogP contribution in [0.5, 0.6) is 0 Å². The zero-order valence-corrected chi connectivity index (χ0v) is 13.7. The van der Waals surface area contributed by atoms with Crippen LogP contribution in [-0.4, -0.2) is 42.3 Å². The molecule has 0 N–H and O–H groups in total. The molecule has 0 bridgehead atoms. The molecule has 0 aliphatic heterocycles. The zero-order valence-electron chi connectivity index (χ0n) is 9.89. The number of nitrogens with zero attached hydrogens (tertiary/aromatic N) is 1. The van der Waals surface area contributed by atoms with Crippen LogP contribution in [0, 0.1) is 0 Å². The highest BCUT2D eigenvalue weighted by Gasteiger charge is 2.73. The first-order valence-corrected chi connectivity index (χ1v) is 8.85. The Morgan fingerprint density at radius 3 is 1.62 bits per heavy atom. The number of hydrogen-bond donors (Lipinski definition) is 0. The fraction of sp³-hybridized carbons (Fsp3) is 1.00. The molecule has 0 aliphatic carbocycles. The molecule has 4 nitrogen and oxygen atoms in total. The van der Waals surface area contributed by atoms with Crippen molar-refractivity contribution in [2.75, 3.05) is 12.5 Å². The molecule has 0 radical (unpaired) electrons. The van der Waals surface area contributed by atoms with Crippen LogP contribution in [0.4, 0.5) is 35.1 Å². The summed E-state index contributed by atoms with van der Waals surface area (Å²) in [6.45, 7) is 0. The molecule has 0 saturated heterocycles. The highest BCUT2D eigenvalue weighted by atomic mass is 127. The van der Waals surface area contributed by atoms with Crippen molar-refractivity contribution in [3.8, 4) is 0 Å². The summed E-state index contributed by atoms with van der Waals surface area (Å²) < 4.78 is 123. The molecule has 0 unspecified atom stereocenters. The first kappa shape index (κ1) is 21.2. The van der Waals surface area contributed by atoms with E-state index in [4.69, 9.17) is 0 Å². The number of ether oxygens (including phenoxy) is 1. The van der Waals surface area contributed by atoms with Gasteiger partial charge in [0.15, 0.2) is 0 Å². The number of hydrogen-bond acceptors (Lipinski definition) is 3. The summed E-state index contributed by atoms with van der Waals surface area (Å²) in [5.74, 6) is 0. The van der Waals surface area contributed by atoms with Crippen molar-refractivity contribution in [2.45, 2.75) is 21.4 Å². The lowest BCUT2D eigenvalue weighted by molar-refractivity contribution is -0.438. The predicted molar refractivity (Wildman–Crippen MR) is 65.5 cm³/mol. The molecular weight excluding hydrogens is 477 g/mol. The molecule has 0 spiro atoms. The maximum atomic E-state index is 13.1. The van der Waals surface area contributed by atoms with E-state index in [0.29, 0.717) is 0 Å². The highest BCUT2D eigenvalue weighted by Crippen LogP contribution is 2.49. The summed E-state index contributed by atoms with van der Waals surface area (Å²) in [4.78, 5) is 0. The zero-order chi connectivity index (χ0) is 17.5. The minimum Gasteiger partial charge on any atom is -0.244 e. The summed E-state index contributed by atoms with van der Waals surface area (Å²) >= 11 is -0.330. The van der Waals surface area contributed by atoms with Crippen LogP contribution < -0.4 is 0 Å². The van der Waals surface area contributed by atoms with Gasteiger partial charge in [0, 0.05) is 22.6 Å². The Balaban J connectivity index is 5.77. The van der Waals surface area contributed by atoms with Gasteiger partial charge in [-0.15, -0.1) is 3.77 Å². The standard InChI is InChI=1S/C6H6F8INO3S2/c1-20(2)16-21(17,18)6(13,14)5(11,12)19-4(9,10)3(7,8)15/h1-2H3. The van der Waals surface area contributed by atoms with Crippen LogP contribution in [0.15, 0.2) is 3.77 Å². The van der Waals surface area contributed by atoms with Crippen LogP contribution in [0.2, 0.25) is 0 Å². The van der Waals surface area contributed by atoms with Gasteiger partial charge in [-0.2, -0.15) is 43.5 Å². The number of sulfonamides is 1. The molecule has 0 saturated carbocycles. The summed E-state index contributed by atoms with van der Waals surface area (Å²) in [5, 5.41) is -6.26. The van der Waals surface area contributed by atoms with E-state index >= 15 is 0 Å². The van der Waals surface area contributed by atoms with Gasteiger partial charge in [0.05, 0.1) is 0 Å². The summed E-state index contributed by atoms with van der Waals surface area (Å²) in [5.41, 5.74) is 0.